The molecule has 2 aliphatic rings. The summed E-state index contributed by atoms with van der Waals surface area (Å²) in [5, 5.41) is 15.7. The third-order valence-electron chi connectivity index (χ3n) is 9.34. The predicted octanol–water partition coefficient (Wildman–Crippen LogP) is 7.34. The number of hydrogen-bond acceptors (Lipinski definition) is 7. The molecule has 0 aliphatic carbocycles. The molecule has 10 heteroatoms. The van der Waals surface area contributed by atoms with Crippen molar-refractivity contribution in [1.29, 1.82) is 0 Å². The van der Waals surface area contributed by atoms with E-state index in [1.165, 1.54) is 12.1 Å². The summed E-state index contributed by atoms with van der Waals surface area (Å²) in [7, 11) is 0. The minimum absolute atomic E-state index is 0.214. The van der Waals surface area contributed by atoms with Crippen LogP contribution in [0.1, 0.15) is 98.1 Å². The van der Waals surface area contributed by atoms with Crippen LogP contribution in [0.25, 0.3) is 22.3 Å². The van der Waals surface area contributed by atoms with Gasteiger partial charge >= 0.3 is 6.09 Å². The predicted molar refractivity (Wildman–Crippen MR) is 169 cm³/mol. The van der Waals surface area contributed by atoms with Crippen LogP contribution in [0.15, 0.2) is 24.3 Å². The van der Waals surface area contributed by atoms with E-state index in [9.17, 15) is 14.3 Å². The van der Waals surface area contributed by atoms with Crippen LogP contribution in [0.5, 0.6) is 5.75 Å². The maximum absolute atomic E-state index is 14.5. The number of phenolic OH excluding ortho intramolecular Hbond substituents is 1. The molecule has 44 heavy (non-hydrogen) atoms. The summed E-state index contributed by atoms with van der Waals surface area (Å²) in [5.74, 6) is -1.09. The maximum atomic E-state index is 14.5. The van der Waals surface area contributed by atoms with Crippen molar-refractivity contribution in [2.45, 2.75) is 117 Å². The zero-order valence-corrected chi connectivity index (χ0v) is 27.5. The molecule has 0 bridgehead atoms. The Hall–Kier alpha value is -3.24. The van der Waals surface area contributed by atoms with E-state index in [0.29, 0.717) is 43.1 Å². The number of carbonyl (C=O) groups is 1. The van der Waals surface area contributed by atoms with Gasteiger partial charge in [-0.25, -0.2) is 18.9 Å². The summed E-state index contributed by atoms with van der Waals surface area (Å²) < 4.78 is 28.4. The second kappa shape index (κ2) is 11.9. The van der Waals surface area contributed by atoms with Crippen molar-refractivity contribution in [3.05, 3.63) is 41.3 Å². The number of hydrogen-bond donors (Lipinski definition) is 1. The molecule has 2 aliphatic heterocycles. The van der Waals surface area contributed by atoms with Gasteiger partial charge in [-0.2, -0.15) is 5.10 Å². The monoisotopic (exact) mass is 609 g/mol. The largest absolute Gasteiger partial charge is 0.505 e. The fraction of sp³-hybridized carbons (Fsp3) is 0.618. The molecule has 9 nitrogen and oxygen atoms in total. The Morgan fingerprint density at radius 2 is 1.89 bits per heavy atom. The number of carbonyl (C=O) groups excluding carboxylic acids is 1. The molecule has 240 valence electrons. The van der Waals surface area contributed by atoms with Crippen molar-refractivity contribution in [1.82, 2.24) is 24.6 Å². The number of nitrogens with zero attached hydrogens (tertiary/aromatic N) is 5. The van der Waals surface area contributed by atoms with Crippen molar-refractivity contribution >= 4 is 17.1 Å². The van der Waals surface area contributed by atoms with Crippen LogP contribution in [0.4, 0.5) is 9.18 Å². The highest BCUT2D eigenvalue weighted by molar-refractivity contribution is 5.85. The van der Waals surface area contributed by atoms with E-state index in [4.69, 9.17) is 19.6 Å². The SMILES string of the molecule is CCC1(CC)CN(Cc2cc(-c3ccc(O)c(F)c3)nc3c2c(C)nn3C2CCCCO2)C(C)(C)CN1C(=O)OC(C)(C)C. The summed E-state index contributed by atoms with van der Waals surface area (Å²) in [6.45, 7) is 18.8. The van der Waals surface area contributed by atoms with Gasteiger partial charge in [0, 0.05) is 42.7 Å². The molecule has 2 fully saturated rings. The van der Waals surface area contributed by atoms with Crippen LogP contribution in [-0.2, 0) is 16.0 Å². The number of pyridine rings is 1. The number of ether oxygens (including phenoxy) is 2. The van der Waals surface area contributed by atoms with Crippen LogP contribution in [0.3, 0.4) is 0 Å². The van der Waals surface area contributed by atoms with Gasteiger partial charge in [0.05, 0.1) is 16.9 Å². The summed E-state index contributed by atoms with van der Waals surface area (Å²) in [6, 6.07) is 6.38. The zero-order valence-electron chi connectivity index (χ0n) is 27.5. The highest BCUT2D eigenvalue weighted by Gasteiger charge is 2.49. The summed E-state index contributed by atoms with van der Waals surface area (Å²) in [5.41, 5.74) is 2.41. The number of fused-ring (bicyclic) bond motifs is 1. The van der Waals surface area contributed by atoms with Crippen molar-refractivity contribution in [3.63, 3.8) is 0 Å². The minimum atomic E-state index is -0.693. The number of rotatable bonds is 6. The number of halogens is 1. The van der Waals surface area contributed by atoms with Crippen LogP contribution >= 0.6 is 0 Å². The minimum Gasteiger partial charge on any atom is -0.505 e. The molecule has 2 aromatic heterocycles. The molecule has 0 spiro atoms. The van der Waals surface area contributed by atoms with E-state index in [0.717, 1.165) is 48.7 Å². The van der Waals surface area contributed by atoms with Gasteiger partial charge in [0.15, 0.2) is 23.4 Å². The lowest BCUT2D eigenvalue weighted by molar-refractivity contribution is -0.0831. The van der Waals surface area contributed by atoms with E-state index in [2.05, 4.69) is 32.6 Å². The van der Waals surface area contributed by atoms with Gasteiger partial charge in [-0.05, 0) is 103 Å². The average Bonchev–Trinajstić information content (AvgIpc) is 3.31. The molecule has 3 aromatic rings. The molecule has 1 amide bonds. The van der Waals surface area contributed by atoms with Crippen molar-refractivity contribution in [3.8, 4) is 17.0 Å². The number of aromatic hydroxyl groups is 1. The van der Waals surface area contributed by atoms with Crippen molar-refractivity contribution in [2.75, 3.05) is 19.7 Å². The lowest BCUT2D eigenvalue weighted by Crippen LogP contribution is -2.70. The summed E-state index contributed by atoms with van der Waals surface area (Å²) in [6.07, 6.45) is 4.00. The van der Waals surface area contributed by atoms with E-state index in [1.807, 2.05) is 43.3 Å². The molecular weight excluding hydrogens is 561 g/mol. The first-order valence-electron chi connectivity index (χ1n) is 15.9. The van der Waals surface area contributed by atoms with Crippen LogP contribution in [0, 0.1) is 12.7 Å². The highest BCUT2D eigenvalue weighted by Crippen LogP contribution is 2.39. The molecule has 4 heterocycles. The summed E-state index contributed by atoms with van der Waals surface area (Å²) >= 11 is 0. The normalized spacial score (nSPS) is 20.7. The Labute approximate surface area is 260 Å². The molecule has 0 saturated carbocycles. The first-order valence-corrected chi connectivity index (χ1v) is 15.9. The van der Waals surface area contributed by atoms with Gasteiger partial charge in [0.1, 0.15) is 5.60 Å². The molecule has 1 aromatic carbocycles. The van der Waals surface area contributed by atoms with E-state index in [-0.39, 0.29) is 17.9 Å². The Morgan fingerprint density at radius 3 is 2.50 bits per heavy atom. The van der Waals surface area contributed by atoms with Crippen LogP contribution < -0.4 is 0 Å². The molecule has 1 atom stereocenters. The second-order valence-electron chi connectivity index (χ2n) is 14.0. The second-order valence-corrected chi connectivity index (χ2v) is 14.0. The zero-order chi connectivity index (χ0) is 32.0. The molecule has 1 N–H and O–H groups in total. The standard InChI is InChI=1S/C34H48FN5O4/c1-9-34(10-2)21-38(33(7,8)20-39(34)31(42)44-32(4,5)6)19-24-18-26(23-14-15-27(41)25(35)17-23)36-30-29(24)22(3)37-40(30)28-13-11-12-16-43-28/h14-15,17-18,28,41H,9-13,16,19-21H2,1-8H3. The number of aromatic nitrogens is 3. The lowest BCUT2D eigenvalue weighted by Gasteiger charge is -2.57. The number of phenols is 1. The van der Waals surface area contributed by atoms with E-state index in [1.54, 1.807) is 6.07 Å². The number of benzene rings is 1. The fourth-order valence-electron chi connectivity index (χ4n) is 6.67. The average molecular weight is 610 g/mol. The van der Waals surface area contributed by atoms with Crippen molar-refractivity contribution < 1.29 is 23.8 Å². The Balaban J connectivity index is 1.60. The molecule has 1 unspecified atom stereocenters. The number of amides is 1. The third kappa shape index (κ3) is 6.15. The molecule has 2 saturated heterocycles. The number of aryl methyl sites for hydroxylation is 1. The van der Waals surface area contributed by atoms with Gasteiger partial charge in [-0.1, -0.05) is 13.8 Å². The molecule has 0 radical (unpaired) electrons. The van der Waals surface area contributed by atoms with Crippen molar-refractivity contribution in [2.24, 2.45) is 0 Å². The Morgan fingerprint density at radius 1 is 1.16 bits per heavy atom. The molecular formula is C34H48FN5O4. The fourth-order valence-corrected chi connectivity index (χ4v) is 6.67. The van der Waals surface area contributed by atoms with Crippen LogP contribution in [0.2, 0.25) is 0 Å². The van der Waals surface area contributed by atoms with Gasteiger partial charge in [-0.15, -0.1) is 0 Å². The third-order valence-corrected chi connectivity index (χ3v) is 9.34. The van der Waals surface area contributed by atoms with Crippen LogP contribution in [-0.4, -0.2) is 72.1 Å². The Kier molecular flexibility index (Phi) is 8.72. The van der Waals surface area contributed by atoms with Gasteiger partial charge in [-0.3, -0.25) is 9.80 Å². The first-order chi connectivity index (χ1) is 20.7. The quantitative estimate of drug-likeness (QED) is 0.313. The number of piperazine rings is 1. The molecule has 5 rings (SSSR count). The topological polar surface area (TPSA) is 93.0 Å². The Bertz CT molecular complexity index is 1520. The highest BCUT2D eigenvalue weighted by atomic mass is 19.1. The van der Waals surface area contributed by atoms with E-state index >= 15 is 0 Å². The van der Waals surface area contributed by atoms with Gasteiger partial charge < -0.3 is 14.6 Å². The lowest BCUT2D eigenvalue weighted by atomic mass is 9.82. The van der Waals surface area contributed by atoms with Gasteiger partial charge in [0.25, 0.3) is 0 Å². The smallest absolute Gasteiger partial charge is 0.410 e. The first kappa shape index (κ1) is 32.2. The van der Waals surface area contributed by atoms with E-state index < -0.39 is 22.7 Å². The summed E-state index contributed by atoms with van der Waals surface area (Å²) in [4.78, 5) is 22.9. The maximum Gasteiger partial charge on any atom is 0.410 e. The van der Waals surface area contributed by atoms with Gasteiger partial charge in [0.2, 0.25) is 0 Å².